The monoisotopic (exact) mass is 289 g/mol. The van der Waals surface area contributed by atoms with Crippen LogP contribution >= 0.6 is 0 Å². The number of nitrogens with zero attached hydrogens (tertiary/aromatic N) is 1. The van der Waals surface area contributed by atoms with Crippen molar-refractivity contribution in [1.82, 2.24) is 5.32 Å². The highest BCUT2D eigenvalue weighted by atomic mass is 16.5. The number of hydrogen-bond acceptors (Lipinski definition) is 4. The van der Waals surface area contributed by atoms with E-state index in [-0.39, 0.29) is 6.04 Å². The molecule has 0 aliphatic carbocycles. The van der Waals surface area contributed by atoms with E-state index in [4.69, 9.17) is 10.5 Å². The summed E-state index contributed by atoms with van der Waals surface area (Å²) in [6.45, 7) is 3.59. The number of ether oxygens (including phenoxy) is 1. The molecule has 2 unspecified atom stereocenters. The summed E-state index contributed by atoms with van der Waals surface area (Å²) >= 11 is 0. The first kappa shape index (κ1) is 14.8. The van der Waals surface area contributed by atoms with E-state index >= 15 is 0 Å². The van der Waals surface area contributed by atoms with Gasteiger partial charge in [-0.2, -0.15) is 0 Å². The Bertz CT molecular complexity index is 471. The lowest BCUT2D eigenvalue weighted by Gasteiger charge is -2.29. The Labute approximate surface area is 127 Å². The van der Waals surface area contributed by atoms with Crippen LogP contribution < -0.4 is 16.0 Å². The maximum atomic E-state index is 5.98. The molecule has 1 aromatic carbocycles. The minimum Gasteiger partial charge on any atom is -0.377 e. The predicted octanol–water partition coefficient (Wildman–Crippen LogP) is 1.84. The quantitative estimate of drug-likeness (QED) is 0.868. The summed E-state index contributed by atoms with van der Waals surface area (Å²) in [6, 6.07) is 7.04. The number of benzene rings is 1. The van der Waals surface area contributed by atoms with Crippen molar-refractivity contribution >= 4 is 5.69 Å². The fourth-order valence-corrected chi connectivity index (χ4v) is 3.44. The van der Waals surface area contributed by atoms with Crippen LogP contribution in [0.25, 0.3) is 0 Å². The lowest BCUT2D eigenvalue weighted by Crippen LogP contribution is -2.34. The lowest BCUT2D eigenvalue weighted by molar-refractivity contribution is 0.107. The predicted molar refractivity (Wildman–Crippen MR) is 86.8 cm³/mol. The van der Waals surface area contributed by atoms with Gasteiger partial charge in [0, 0.05) is 45.0 Å². The van der Waals surface area contributed by atoms with Crippen molar-refractivity contribution in [2.45, 2.75) is 37.8 Å². The van der Waals surface area contributed by atoms with Crippen molar-refractivity contribution in [1.29, 1.82) is 0 Å². The zero-order valence-electron chi connectivity index (χ0n) is 13.0. The molecule has 2 aliphatic rings. The van der Waals surface area contributed by atoms with E-state index in [1.165, 1.54) is 42.5 Å². The van der Waals surface area contributed by atoms with Crippen LogP contribution in [0.2, 0.25) is 0 Å². The Morgan fingerprint density at radius 1 is 1.43 bits per heavy atom. The molecule has 2 aliphatic heterocycles. The first-order valence-electron chi connectivity index (χ1n) is 8.17. The minimum absolute atomic E-state index is 0.228. The number of hydrogen-bond donors (Lipinski definition) is 2. The van der Waals surface area contributed by atoms with Crippen LogP contribution in [0.5, 0.6) is 0 Å². The van der Waals surface area contributed by atoms with E-state index in [2.05, 4.69) is 35.5 Å². The summed E-state index contributed by atoms with van der Waals surface area (Å²) in [7, 11) is 2.17. The molecule has 0 spiro atoms. The smallest absolute Gasteiger partial charge is 0.0700 e. The highest BCUT2D eigenvalue weighted by molar-refractivity contribution is 5.56. The van der Waals surface area contributed by atoms with E-state index in [1.807, 2.05) is 0 Å². The van der Waals surface area contributed by atoms with Crippen LogP contribution in [0.4, 0.5) is 5.69 Å². The molecule has 2 atom stereocenters. The molecule has 4 nitrogen and oxygen atoms in total. The van der Waals surface area contributed by atoms with Gasteiger partial charge in [0.15, 0.2) is 0 Å². The molecule has 1 saturated heterocycles. The van der Waals surface area contributed by atoms with Crippen LogP contribution in [0.3, 0.4) is 0 Å². The largest absolute Gasteiger partial charge is 0.377 e. The molecule has 3 N–H and O–H groups in total. The van der Waals surface area contributed by atoms with E-state index in [0.717, 1.165) is 19.7 Å². The molecule has 116 valence electrons. The summed E-state index contributed by atoms with van der Waals surface area (Å²) in [4.78, 5) is 2.35. The van der Waals surface area contributed by atoms with Gasteiger partial charge in [0.05, 0.1) is 6.10 Å². The Balaban J connectivity index is 1.68. The van der Waals surface area contributed by atoms with Crippen molar-refractivity contribution in [2.24, 2.45) is 5.73 Å². The van der Waals surface area contributed by atoms with Gasteiger partial charge >= 0.3 is 0 Å². The molecule has 0 aromatic heterocycles. The maximum absolute atomic E-state index is 5.98. The second kappa shape index (κ2) is 6.77. The molecular weight excluding hydrogens is 262 g/mol. The Morgan fingerprint density at radius 3 is 3.10 bits per heavy atom. The first-order chi connectivity index (χ1) is 10.3. The molecule has 1 aromatic rings. The Kier molecular flexibility index (Phi) is 4.78. The van der Waals surface area contributed by atoms with Crippen LogP contribution in [0, 0.1) is 0 Å². The fraction of sp³-hybridized carbons (Fsp3) is 0.647. The number of fused-ring (bicyclic) bond motifs is 1. The highest BCUT2D eigenvalue weighted by Crippen LogP contribution is 2.28. The van der Waals surface area contributed by atoms with E-state index < -0.39 is 0 Å². The number of anilines is 1. The van der Waals surface area contributed by atoms with E-state index in [0.29, 0.717) is 12.6 Å². The maximum Gasteiger partial charge on any atom is 0.0700 e. The van der Waals surface area contributed by atoms with Crippen LogP contribution in [0.1, 0.15) is 36.4 Å². The second-order valence-corrected chi connectivity index (χ2v) is 6.24. The Hall–Kier alpha value is -1.10. The van der Waals surface area contributed by atoms with Gasteiger partial charge in [0.25, 0.3) is 0 Å². The molecule has 3 rings (SSSR count). The first-order valence-corrected chi connectivity index (χ1v) is 8.17. The molecule has 0 amide bonds. The highest BCUT2D eigenvalue weighted by Gasteiger charge is 2.19. The standard InChI is InChI=1S/C17H27N3O/c1-20-8-2-4-14-10-13(6-7-17(14)20)16(11-18)19-12-15-5-3-9-21-15/h6-7,10,15-16,19H,2-5,8-9,11-12,18H2,1H3. The summed E-state index contributed by atoms with van der Waals surface area (Å²) in [5.41, 5.74) is 10.1. The van der Waals surface area contributed by atoms with Crippen molar-refractivity contribution < 1.29 is 4.74 Å². The average molecular weight is 289 g/mol. The SMILES string of the molecule is CN1CCCc2cc(C(CN)NCC3CCCO3)ccc21. The Morgan fingerprint density at radius 2 is 2.33 bits per heavy atom. The minimum atomic E-state index is 0.228. The molecule has 21 heavy (non-hydrogen) atoms. The molecule has 4 heteroatoms. The van der Waals surface area contributed by atoms with Gasteiger partial charge in [-0.3, -0.25) is 0 Å². The molecule has 0 saturated carbocycles. The van der Waals surface area contributed by atoms with Gasteiger partial charge in [-0.1, -0.05) is 12.1 Å². The number of nitrogens with two attached hydrogens (primary N) is 1. The zero-order valence-corrected chi connectivity index (χ0v) is 13.0. The van der Waals surface area contributed by atoms with Gasteiger partial charge in [0.1, 0.15) is 0 Å². The number of rotatable bonds is 5. The molecular formula is C17H27N3O. The zero-order chi connectivity index (χ0) is 14.7. The van der Waals surface area contributed by atoms with Crippen LogP contribution in [0.15, 0.2) is 18.2 Å². The van der Waals surface area contributed by atoms with Gasteiger partial charge in [-0.05, 0) is 42.9 Å². The van der Waals surface area contributed by atoms with Gasteiger partial charge in [-0.15, -0.1) is 0 Å². The summed E-state index contributed by atoms with van der Waals surface area (Å²) < 4.78 is 5.68. The van der Waals surface area contributed by atoms with Crippen LogP contribution in [-0.4, -0.2) is 39.4 Å². The third-order valence-electron chi connectivity index (χ3n) is 4.71. The summed E-state index contributed by atoms with van der Waals surface area (Å²) in [6.07, 6.45) is 5.13. The van der Waals surface area contributed by atoms with Crippen molar-refractivity contribution in [3.8, 4) is 0 Å². The molecule has 1 fully saturated rings. The van der Waals surface area contributed by atoms with Gasteiger partial charge < -0.3 is 20.7 Å². The second-order valence-electron chi connectivity index (χ2n) is 6.24. The van der Waals surface area contributed by atoms with Crippen LogP contribution in [-0.2, 0) is 11.2 Å². The topological polar surface area (TPSA) is 50.5 Å². The van der Waals surface area contributed by atoms with Crippen molar-refractivity contribution in [3.63, 3.8) is 0 Å². The van der Waals surface area contributed by atoms with E-state index in [1.54, 1.807) is 0 Å². The lowest BCUT2D eigenvalue weighted by atomic mass is 9.96. The summed E-state index contributed by atoms with van der Waals surface area (Å²) in [5.74, 6) is 0. The van der Waals surface area contributed by atoms with Crippen molar-refractivity contribution in [2.75, 3.05) is 38.2 Å². The number of aryl methyl sites for hydroxylation is 1. The van der Waals surface area contributed by atoms with E-state index in [9.17, 15) is 0 Å². The normalized spacial score (nSPS) is 23.1. The third kappa shape index (κ3) is 3.39. The number of nitrogens with one attached hydrogen (secondary N) is 1. The third-order valence-corrected chi connectivity index (χ3v) is 4.71. The van der Waals surface area contributed by atoms with Gasteiger partial charge in [-0.25, -0.2) is 0 Å². The molecule has 2 heterocycles. The van der Waals surface area contributed by atoms with Crippen molar-refractivity contribution in [3.05, 3.63) is 29.3 Å². The molecule has 0 bridgehead atoms. The fourth-order valence-electron chi connectivity index (χ4n) is 3.44. The van der Waals surface area contributed by atoms with Gasteiger partial charge in [0.2, 0.25) is 0 Å². The average Bonchev–Trinajstić information content (AvgIpc) is 3.01. The summed E-state index contributed by atoms with van der Waals surface area (Å²) in [5, 5.41) is 3.58. The molecule has 0 radical (unpaired) electrons.